The van der Waals surface area contributed by atoms with Crippen molar-refractivity contribution in [1.29, 1.82) is 0 Å². The number of benzene rings is 1. The summed E-state index contributed by atoms with van der Waals surface area (Å²) in [7, 11) is 1.56. The fourth-order valence-electron chi connectivity index (χ4n) is 1.35. The van der Waals surface area contributed by atoms with Gasteiger partial charge in [0, 0.05) is 6.08 Å². The second-order valence-corrected chi connectivity index (χ2v) is 4.72. The van der Waals surface area contributed by atoms with Crippen molar-refractivity contribution in [2.45, 2.75) is 13.3 Å². The molecule has 0 spiro atoms. The van der Waals surface area contributed by atoms with Crippen molar-refractivity contribution < 1.29 is 19.4 Å². The largest absolute Gasteiger partial charge is 0.493 e. The summed E-state index contributed by atoms with van der Waals surface area (Å²) in [5.41, 5.74) is 0.766. The lowest BCUT2D eigenvalue weighted by Gasteiger charge is -2.12. The molecule has 0 aliphatic carbocycles. The van der Waals surface area contributed by atoms with E-state index in [2.05, 4.69) is 22.6 Å². The zero-order valence-electron chi connectivity index (χ0n) is 10.3. The SMILES string of the molecule is CCCOc1c(I)cc(/C=C/C(=O)O)cc1OC. The molecule has 0 aromatic heterocycles. The van der Waals surface area contributed by atoms with Crippen molar-refractivity contribution >= 4 is 34.6 Å². The van der Waals surface area contributed by atoms with Crippen LogP contribution in [0.3, 0.4) is 0 Å². The van der Waals surface area contributed by atoms with Crippen LogP contribution in [0.15, 0.2) is 18.2 Å². The number of rotatable bonds is 6. The molecule has 0 fully saturated rings. The van der Waals surface area contributed by atoms with Gasteiger partial charge in [0.2, 0.25) is 0 Å². The molecule has 18 heavy (non-hydrogen) atoms. The molecule has 0 saturated carbocycles. The topological polar surface area (TPSA) is 55.8 Å². The summed E-state index contributed by atoms with van der Waals surface area (Å²) in [6.45, 7) is 2.65. The van der Waals surface area contributed by atoms with E-state index < -0.39 is 5.97 Å². The van der Waals surface area contributed by atoms with Crippen molar-refractivity contribution in [3.63, 3.8) is 0 Å². The third-order valence-electron chi connectivity index (χ3n) is 2.12. The van der Waals surface area contributed by atoms with Gasteiger partial charge >= 0.3 is 5.97 Å². The molecular weight excluding hydrogens is 347 g/mol. The molecule has 1 rings (SSSR count). The second kappa shape index (κ2) is 7.25. The van der Waals surface area contributed by atoms with E-state index in [9.17, 15) is 4.79 Å². The number of carboxylic acids is 1. The van der Waals surface area contributed by atoms with E-state index in [0.717, 1.165) is 21.6 Å². The third-order valence-corrected chi connectivity index (χ3v) is 2.92. The molecule has 0 aliphatic heterocycles. The van der Waals surface area contributed by atoms with Gasteiger partial charge in [-0.05, 0) is 52.8 Å². The average Bonchev–Trinajstić information content (AvgIpc) is 2.34. The van der Waals surface area contributed by atoms with E-state index in [1.807, 2.05) is 13.0 Å². The zero-order chi connectivity index (χ0) is 13.5. The standard InChI is InChI=1S/C13H15IO4/c1-3-6-18-13-10(14)7-9(4-5-12(15)16)8-11(13)17-2/h4-5,7-8H,3,6H2,1-2H3,(H,15,16)/b5-4+. The highest BCUT2D eigenvalue weighted by molar-refractivity contribution is 14.1. The third kappa shape index (κ3) is 4.21. The molecule has 1 N–H and O–H groups in total. The monoisotopic (exact) mass is 362 g/mol. The Morgan fingerprint density at radius 3 is 2.78 bits per heavy atom. The van der Waals surface area contributed by atoms with Crippen LogP contribution in [0.5, 0.6) is 11.5 Å². The Balaban J connectivity index is 3.06. The highest BCUT2D eigenvalue weighted by Gasteiger charge is 2.10. The summed E-state index contributed by atoms with van der Waals surface area (Å²) in [4.78, 5) is 10.5. The quantitative estimate of drug-likeness (QED) is 0.624. The molecular formula is C13H15IO4. The van der Waals surface area contributed by atoms with Gasteiger partial charge in [0.05, 0.1) is 17.3 Å². The van der Waals surface area contributed by atoms with Crippen molar-refractivity contribution in [1.82, 2.24) is 0 Å². The molecule has 0 amide bonds. The Kier molecular flexibility index (Phi) is 5.97. The molecule has 4 nitrogen and oxygen atoms in total. The number of carboxylic acid groups (broad SMARTS) is 1. The molecule has 5 heteroatoms. The number of methoxy groups -OCH3 is 1. The molecule has 0 bridgehead atoms. The maximum absolute atomic E-state index is 10.5. The van der Waals surface area contributed by atoms with E-state index >= 15 is 0 Å². The molecule has 0 aliphatic rings. The first-order valence-electron chi connectivity index (χ1n) is 5.49. The molecule has 98 valence electrons. The van der Waals surface area contributed by atoms with E-state index in [0.29, 0.717) is 18.1 Å². The first kappa shape index (κ1) is 14.8. The zero-order valence-corrected chi connectivity index (χ0v) is 12.4. The Morgan fingerprint density at radius 2 is 2.22 bits per heavy atom. The van der Waals surface area contributed by atoms with Gasteiger partial charge in [0.1, 0.15) is 0 Å². The van der Waals surface area contributed by atoms with Crippen LogP contribution in [-0.2, 0) is 4.79 Å². The molecule has 1 aromatic rings. The minimum absolute atomic E-state index is 0.611. The second-order valence-electron chi connectivity index (χ2n) is 3.55. The van der Waals surface area contributed by atoms with Crippen LogP contribution in [0, 0.1) is 3.57 Å². The van der Waals surface area contributed by atoms with Gasteiger partial charge in [-0.2, -0.15) is 0 Å². The maximum atomic E-state index is 10.5. The summed E-state index contributed by atoms with van der Waals surface area (Å²) in [5, 5.41) is 8.60. The number of carbonyl (C=O) groups is 1. The van der Waals surface area contributed by atoms with Crippen LogP contribution < -0.4 is 9.47 Å². The van der Waals surface area contributed by atoms with Gasteiger partial charge in [-0.3, -0.25) is 0 Å². The Hall–Kier alpha value is -1.24. The smallest absolute Gasteiger partial charge is 0.328 e. The molecule has 1 aromatic carbocycles. The van der Waals surface area contributed by atoms with Gasteiger partial charge in [-0.1, -0.05) is 6.92 Å². The normalized spacial score (nSPS) is 10.6. The lowest BCUT2D eigenvalue weighted by molar-refractivity contribution is -0.131. The fraction of sp³-hybridized carbons (Fsp3) is 0.308. The number of hydrogen-bond acceptors (Lipinski definition) is 3. The van der Waals surface area contributed by atoms with E-state index in [-0.39, 0.29) is 0 Å². The van der Waals surface area contributed by atoms with Crippen LogP contribution in [0.1, 0.15) is 18.9 Å². The first-order chi connectivity index (χ1) is 8.58. The van der Waals surface area contributed by atoms with Gasteiger partial charge in [-0.15, -0.1) is 0 Å². The van der Waals surface area contributed by atoms with E-state index in [1.165, 1.54) is 6.08 Å². The predicted molar refractivity (Wildman–Crippen MR) is 78.2 cm³/mol. The summed E-state index contributed by atoms with van der Waals surface area (Å²) in [5.74, 6) is 0.336. The van der Waals surface area contributed by atoms with Crippen molar-refractivity contribution in [2.75, 3.05) is 13.7 Å². The number of halogens is 1. The number of hydrogen-bond donors (Lipinski definition) is 1. The molecule has 0 saturated heterocycles. The lowest BCUT2D eigenvalue weighted by Crippen LogP contribution is -2.00. The van der Waals surface area contributed by atoms with Gasteiger partial charge in [-0.25, -0.2) is 4.79 Å². The number of aliphatic carboxylic acids is 1. The van der Waals surface area contributed by atoms with Gasteiger partial charge < -0.3 is 14.6 Å². The van der Waals surface area contributed by atoms with Crippen molar-refractivity contribution in [2.24, 2.45) is 0 Å². The minimum atomic E-state index is -0.977. The van der Waals surface area contributed by atoms with Crippen LogP contribution in [0.25, 0.3) is 6.08 Å². The summed E-state index contributed by atoms with van der Waals surface area (Å²) >= 11 is 2.15. The molecule has 0 heterocycles. The lowest BCUT2D eigenvalue weighted by atomic mass is 10.2. The van der Waals surface area contributed by atoms with Gasteiger partial charge in [0.25, 0.3) is 0 Å². The fourth-order valence-corrected chi connectivity index (χ4v) is 2.13. The highest BCUT2D eigenvalue weighted by atomic mass is 127. The van der Waals surface area contributed by atoms with Crippen LogP contribution in [-0.4, -0.2) is 24.8 Å². The summed E-state index contributed by atoms with van der Waals surface area (Å²) in [6, 6.07) is 3.61. The maximum Gasteiger partial charge on any atom is 0.328 e. The van der Waals surface area contributed by atoms with Crippen molar-refractivity contribution in [3.05, 3.63) is 27.3 Å². The summed E-state index contributed by atoms with van der Waals surface area (Å²) in [6.07, 6.45) is 3.54. The molecule has 0 radical (unpaired) electrons. The Morgan fingerprint density at radius 1 is 1.50 bits per heavy atom. The minimum Gasteiger partial charge on any atom is -0.493 e. The molecule has 0 atom stereocenters. The number of ether oxygens (including phenoxy) is 2. The van der Waals surface area contributed by atoms with Crippen LogP contribution in [0.4, 0.5) is 0 Å². The van der Waals surface area contributed by atoms with E-state index in [4.69, 9.17) is 14.6 Å². The first-order valence-corrected chi connectivity index (χ1v) is 6.57. The van der Waals surface area contributed by atoms with Crippen LogP contribution in [0.2, 0.25) is 0 Å². The van der Waals surface area contributed by atoms with Gasteiger partial charge in [0.15, 0.2) is 11.5 Å². The van der Waals surface area contributed by atoms with Crippen LogP contribution >= 0.6 is 22.6 Å². The van der Waals surface area contributed by atoms with Crippen molar-refractivity contribution in [3.8, 4) is 11.5 Å². The Bertz CT molecular complexity index is 455. The predicted octanol–water partition coefficient (Wildman–Crippen LogP) is 3.19. The van der Waals surface area contributed by atoms with E-state index in [1.54, 1.807) is 13.2 Å². The Labute approximate surface area is 120 Å². The summed E-state index contributed by atoms with van der Waals surface area (Å²) < 4.78 is 11.8. The molecule has 0 unspecified atom stereocenters. The average molecular weight is 362 g/mol. The highest BCUT2D eigenvalue weighted by Crippen LogP contribution is 2.34.